The van der Waals surface area contributed by atoms with Crippen LogP contribution >= 0.6 is 0 Å². The molecular formula is C6H12N2O. The summed E-state index contributed by atoms with van der Waals surface area (Å²) in [6, 6.07) is 0.385. The van der Waals surface area contributed by atoms with E-state index in [-0.39, 0.29) is 0 Å². The highest BCUT2D eigenvalue weighted by Gasteiger charge is 2.09. The molecule has 52 valence electrons. The predicted molar refractivity (Wildman–Crippen MR) is 36.0 cm³/mol. The number of morpholine rings is 1. The molecular weight excluding hydrogens is 116 g/mol. The van der Waals surface area contributed by atoms with Crippen LogP contribution in [0.5, 0.6) is 0 Å². The molecule has 0 bridgehead atoms. The minimum absolute atomic E-state index is 0.385. The molecule has 3 nitrogen and oxygen atoms in total. The van der Waals surface area contributed by atoms with Crippen LogP contribution in [-0.2, 0) is 4.74 Å². The Hall–Kier alpha value is -0.410. The first-order valence-corrected chi connectivity index (χ1v) is 3.23. The quantitative estimate of drug-likeness (QED) is 0.515. The molecule has 0 saturated carbocycles. The first kappa shape index (κ1) is 6.71. The van der Waals surface area contributed by atoms with Crippen LogP contribution in [0.1, 0.15) is 6.42 Å². The third kappa shape index (κ3) is 2.11. The van der Waals surface area contributed by atoms with Crippen molar-refractivity contribution in [3.8, 4) is 0 Å². The standard InChI is InChI=1S/C6H12N2O/c7-2-1-6-5-9-4-3-8-6/h2,6-8H,1,3-5H2. The van der Waals surface area contributed by atoms with Gasteiger partial charge in [-0.15, -0.1) is 0 Å². The van der Waals surface area contributed by atoms with Gasteiger partial charge in [0.2, 0.25) is 0 Å². The van der Waals surface area contributed by atoms with Gasteiger partial charge in [-0.05, 0) is 12.6 Å². The molecule has 0 aromatic rings. The van der Waals surface area contributed by atoms with Gasteiger partial charge in [0.15, 0.2) is 0 Å². The number of hydrogen-bond donors (Lipinski definition) is 2. The molecule has 0 aromatic heterocycles. The molecule has 1 rings (SSSR count). The minimum Gasteiger partial charge on any atom is -0.379 e. The van der Waals surface area contributed by atoms with Crippen LogP contribution in [0.25, 0.3) is 0 Å². The minimum atomic E-state index is 0.385. The molecule has 3 heteroatoms. The van der Waals surface area contributed by atoms with E-state index in [1.54, 1.807) is 0 Å². The molecule has 0 aliphatic carbocycles. The third-order valence-electron chi connectivity index (χ3n) is 1.40. The molecule has 0 radical (unpaired) electrons. The van der Waals surface area contributed by atoms with Crippen LogP contribution in [0.4, 0.5) is 0 Å². The normalized spacial score (nSPS) is 27.8. The predicted octanol–water partition coefficient (Wildman–Crippen LogP) is 0.0145. The van der Waals surface area contributed by atoms with E-state index >= 15 is 0 Å². The summed E-state index contributed by atoms with van der Waals surface area (Å²) in [6.45, 7) is 2.50. The molecule has 1 saturated heterocycles. The summed E-state index contributed by atoms with van der Waals surface area (Å²) in [5, 5.41) is 10.1. The molecule has 0 aromatic carbocycles. The largest absolute Gasteiger partial charge is 0.379 e. The van der Waals surface area contributed by atoms with Gasteiger partial charge in [-0.25, -0.2) is 0 Å². The van der Waals surface area contributed by atoms with Crippen molar-refractivity contribution < 1.29 is 4.74 Å². The molecule has 1 fully saturated rings. The summed E-state index contributed by atoms with van der Waals surface area (Å²) in [4.78, 5) is 0. The van der Waals surface area contributed by atoms with Crippen LogP contribution in [0.2, 0.25) is 0 Å². The highest BCUT2D eigenvalue weighted by molar-refractivity contribution is 5.53. The molecule has 2 N–H and O–H groups in total. The number of hydrogen-bond acceptors (Lipinski definition) is 3. The van der Waals surface area contributed by atoms with E-state index in [1.165, 1.54) is 6.21 Å². The van der Waals surface area contributed by atoms with Gasteiger partial charge < -0.3 is 15.5 Å². The Morgan fingerprint density at radius 3 is 3.22 bits per heavy atom. The SMILES string of the molecule is N=CCC1COCCN1. The van der Waals surface area contributed by atoms with Gasteiger partial charge in [0.1, 0.15) is 0 Å². The zero-order valence-corrected chi connectivity index (χ0v) is 5.39. The van der Waals surface area contributed by atoms with Gasteiger partial charge in [0.25, 0.3) is 0 Å². The molecule has 1 unspecified atom stereocenters. The lowest BCUT2D eigenvalue weighted by atomic mass is 10.2. The average molecular weight is 128 g/mol. The van der Waals surface area contributed by atoms with Gasteiger partial charge >= 0.3 is 0 Å². The molecule has 1 aliphatic heterocycles. The molecule has 0 spiro atoms. The lowest BCUT2D eigenvalue weighted by molar-refractivity contribution is 0.0793. The molecule has 1 aliphatic rings. The first-order chi connectivity index (χ1) is 4.43. The van der Waals surface area contributed by atoms with E-state index in [0.29, 0.717) is 6.04 Å². The van der Waals surface area contributed by atoms with E-state index in [1.807, 2.05) is 0 Å². The monoisotopic (exact) mass is 128 g/mol. The summed E-state index contributed by atoms with van der Waals surface area (Å²) in [7, 11) is 0. The van der Waals surface area contributed by atoms with Crippen molar-refractivity contribution in [2.45, 2.75) is 12.5 Å². The van der Waals surface area contributed by atoms with Crippen LogP contribution in [0.15, 0.2) is 0 Å². The van der Waals surface area contributed by atoms with Gasteiger partial charge in [0.05, 0.1) is 13.2 Å². The summed E-state index contributed by atoms with van der Waals surface area (Å²) in [6.07, 6.45) is 2.21. The Morgan fingerprint density at radius 1 is 1.78 bits per heavy atom. The maximum atomic E-state index is 6.82. The Morgan fingerprint density at radius 2 is 2.67 bits per heavy atom. The fourth-order valence-electron chi connectivity index (χ4n) is 0.913. The lowest BCUT2D eigenvalue weighted by Crippen LogP contribution is -2.41. The lowest BCUT2D eigenvalue weighted by Gasteiger charge is -2.21. The topological polar surface area (TPSA) is 45.1 Å². The zero-order chi connectivity index (χ0) is 6.53. The summed E-state index contributed by atoms with van der Waals surface area (Å²) >= 11 is 0. The Kier molecular flexibility index (Phi) is 2.67. The second-order valence-electron chi connectivity index (χ2n) is 2.17. The van der Waals surface area contributed by atoms with Crippen molar-refractivity contribution in [2.75, 3.05) is 19.8 Å². The van der Waals surface area contributed by atoms with Crippen molar-refractivity contribution in [1.29, 1.82) is 5.41 Å². The maximum Gasteiger partial charge on any atom is 0.0623 e. The molecule has 1 atom stereocenters. The van der Waals surface area contributed by atoms with Crippen LogP contribution in [-0.4, -0.2) is 32.0 Å². The molecule has 9 heavy (non-hydrogen) atoms. The smallest absolute Gasteiger partial charge is 0.0623 e. The highest BCUT2D eigenvalue weighted by Crippen LogP contribution is 1.94. The van der Waals surface area contributed by atoms with E-state index in [0.717, 1.165) is 26.2 Å². The van der Waals surface area contributed by atoms with Crippen molar-refractivity contribution >= 4 is 6.21 Å². The van der Waals surface area contributed by atoms with Crippen molar-refractivity contribution in [3.63, 3.8) is 0 Å². The number of nitrogens with one attached hydrogen (secondary N) is 2. The average Bonchev–Trinajstić information content (AvgIpc) is 1.91. The van der Waals surface area contributed by atoms with Crippen molar-refractivity contribution in [2.24, 2.45) is 0 Å². The van der Waals surface area contributed by atoms with E-state index in [4.69, 9.17) is 10.1 Å². The zero-order valence-electron chi connectivity index (χ0n) is 5.39. The first-order valence-electron chi connectivity index (χ1n) is 3.23. The second-order valence-corrected chi connectivity index (χ2v) is 2.17. The second kappa shape index (κ2) is 3.58. The highest BCUT2D eigenvalue weighted by atomic mass is 16.5. The van der Waals surface area contributed by atoms with Gasteiger partial charge in [-0.2, -0.15) is 0 Å². The molecule has 0 amide bonds. The van der Waals surface area contributed by atoms with Gasteiger partial charge in [-0.1, -0.05) is 0 Å². The molecule has 1 heterocycles. The summed E-state index contributed by atoms with van der Waals surface area (Å²) < 4.78 is 5.17. The Balaban J connectivity index is 2.15. The van der Waals surface area contributed by atoms with Crippen molar-refractivity contribution in [3.05, 3.63) is 0 Å². The summed E-state index contributed by atoms with van der Waals surface area (Å²) in [5.74, 6) is 0. The fourth-order valence-corrected chi connectivity index (χ4v) is 0.913. The number of rotatable bonds is 2. The van der Waals surface area contributed by atoms with Crippen LogP contribution < -0.4 is 5.32 Å². The Bertz CT molecular complexity index is 89.1. The van der Waals surface area contributed by atoms with Crippen LogP contribution in [0, 0.1) is 5.41 Å². The van der Waals surface area contributed by atoms with Crippen molar-refractivity contribution in [1.82, 2.24) is 5.32 Å². The fraction of sp³-hybridized carbons (Fsp3) is 0.833. The third-order valence-corrected chi connectivity index (χ3v) is 1.40. The summed E-state index contributed by atoms with van der Waals surface area (Å²) in [5.41, 5.74) is 0. The van der Waals surface area contributed by atoms with Crippen LogP contribution in [0.3, 0.4) is 0 Å². The van der Waals surface area contributed by atoms with Gasteiger partial charge in [0, 0.05) is 12.6 Å². The maximum absolute atomic E-state index is 6.82. The van der Waals surface area contributed by atoms with E-state index < -0.39 is 0 Å². The number of ether oxygens (including phenoxy) is 1. The van der Waals surface area contributed by atoms with E-state index in [2.05, 4.69) is 5.32 Å². The Labute approximate surface area is 54.9 Å². The van der Waals surface area contributed by atoms with E-state index in [9.17, 15) is 0 Å². The van der Waals surface area contributed by atoms with Gasteiger partial charge in [-0.3, -0.25) is 0 Å².